The van der Waals surface area contributed by atoms with Crippen molar-refractivity contribution < 1.29 is 4.79 Å². The van der Waals surface area contributed by atoms with E-state index in [1.54, 1.807) is 25.2 Å². The summed E-state index contributed by atoms with van der Waals surface area (Å²) >= 11 is 0. The van der Waals surface area contributed by atoms with Gasteiger partial charge in [0.05, 0.1) is 23.3 Å². The highest BCUT2D eigenvalue weighted by atomic mass is 16.1. The molecule has 0 fully saturated rings. The largest absolute Gasteiger partial charge is 0.355 e. The van der Waals surface area contributed by atoms with Crippen LogP contribution in [0.2, 0.25) is 0 Å². The molecular weight excluding hydrogens is 426 g/mol. The highest BCUT2D eigenvalue weighted by Gasteiger charge is 2.11. The van der Waals surface area contributed by atoms with Crippen LogP contribution in [-0.2, 0) is 13.5 Å². The highest BCUT2D eigenvalue weighted by molar-refractivity contribution is 6.04. The fourth-order valence-electron chi connectivity index (χ4n) is 3.72. The number of aryl methyl sites for hydroxylation is 2. The standard InChI is InChI=1S/C27H25N5O2/c1-17(15-28)11-19-5-4-6-20(12-19)26(33)31-22-8-7-18(2)25(14-22)30-21-9-10-24-23(13-21)27(34)32(3)16-29-24/h4-10,12-14,16-17,30H,11H2,1-3H3,(H,31,33). The third-order valence-electron chi connectivity index (χ3n) is 5.64. The fourth-order valence-corrected chi connectivity index (χ4v) is 3.72. The lowest BCUT2D eigenvalue weighted by molar-refractivity contribution is 0.102. The summed E-state index contributed by atoms with van der Waals surface area (Å²) in [4.78, 5) is 29.6. The average molecular weight is 452 g/mol. The van der Waals surface area contributed by atoms with Gasteiger partial charge in [0.1, 0.15) is 0 Å². The predicted octanol–water partition coefficient (Wildman–Crippen LogP) is 4.94. The predicted molar refractivity (Wildman–Crippen MR) is 134 cm³/mol. The van der Waals surface area contributed by atoms with E-state index < -0.39 is 0 Å². The van der Waals surface area contributed by atoms with Crippen LogP contribution >= 0.6 is 0 Å². The zero-order valence-electron chi connectivity index (χ0n) is 19.3. The highest BCUT2D eigenvalue weighted by Crippen LogP contribution is 2.26. The number of hydrogen-bond acceptors (Lipinski definition) is 5. The number of hydrogen-bond donors (Lipinski definition) is 2. The molecule has 4 rings (SSSR count). The van der Waals surface area contributed by atoms with Gasteiger partial charge in [-0.05, 0) is 73.9 Å². The molecule has 4 aromatic rings. The van der Waals surface area contributed by atoms with E-state index in [4.69, 9.17) is 5.26 Å². The molecule has 1 atom stereocenters. The number of carbonyl (C=O) groups excluding carboxylic acids is 1. The molecule has 2 N–H and O–H groups in total. The number of amides is 1. The van der Waals surface area contributed by atoms with Crippen molar-refractivity contribution >= 4 is 33.9 Å². The summed E-state index contributed by atoms with van der Waals surface area (Å²) in [6.45, 7) is 3.83. The topological polar surface area (TPSA) is 99.8 Å². The molecule has 1 aromatic heterocycles. The number of rotatable bonds is 6. The number of nitrogens with zero attached hydrogens (tertiary/aromatic N) is 3. The van der Waals surface area contributed by atoms with Crippen LogP contribution in [-0.4, -0.2) is 15.5 Å². The van der Waals surface area contributed by atoms with E-state index in [2.05, 4.69) is 21.7 Å². The molecule has 0 spiro atoms. The summed E-state index contributed by atoms with van der Waals surface area (Å²) < 4.78 is 1.45. The lowest BCUT2D eigenvalue weighted by atomic mass is 10.0. The Bertz CT molecular complexity index is 1480. The Labute approximate surface area is 197 Å². The Balaban J connectivity index is 1.55. The lowest BCUT2D eigenvalue weighted by Gasteiger charge is -2.13. The van der Waals surface area contributed by atoms with Crippen molar-refractivity contribution in [2.45, 2.75) is 20.3 Å². The number of nitriles is 1. The minimum atomic E-state index is -0.221. The Morgan fingerprint density at radius 3 is 2.71 bits per heavy atom. The van der Waals surface area contributed by atoms with E-state index in [-0.39, 0.29) is 17.4 Å². The number of aromatic nitrogens is 2. The van der Waals surface area contributed by atoms with Crippen LogP contribution < -0.4 is 16.2 Å². The summed E-state index contributed by atoms with van der Waals surface area (Å²) in [5.41, 5.74) is 5.21. The van der Waals surface area contributed by atoms with E-state index >= 15 is 0 Å². The number of anilines is 3. The Kier molecular flexibility index (Phi) is 6.42. The van der Waals surface area contributed by atoms with Gasteiger partial charge in [-0.1, -0.05) is 18.2 Å². The SMILES string of the molecule is Cc1ccc(NC(=O)c2cccc(CC(C)C#N)c2)cc1Nc1ccc2ncn(C)c(=O)c2c1. The van der Waals surface area contributed by atoms with Gasteiger partial charge < -0.3 is 15.2 Å². The molecule has 170 valence electrons. The van der Waals surface area contributed by atoms with E-state index in [0.717, 1.165) is 22.5 Å². The van der Waals surface area contributed by atoms with Crippen molar-refractivity contribution in [1.82, 2.24) is 9.55 Å². The number of fused-ring (bicyclic) bond motifs is 1. The summed E-state index contributed by atoms with van der Waals surface area (Å²) in [5, 5.41) is 15.9. The third kappa shape index (κ3) is 4.97. The molecule has 34 heavy (non-hydrogen) atoms. The molecule has 0 aliphatic heterocycles. The number of nitrogens with one attached hydrogen (secondary N) is 2. The summed E-state index contributed by atoms with van der Waals surface area (Å²) in [6, 6.07) is 20.6. The molecule has 7 nitrogen and oxygen atoms in total. The Morgan fingerprint density at radius 1 is 1.12 bits per heavy atom. The van der Waals surface area contributed by atoms with Gasteiger partial charge in [-0.15, -0.1) is 0 Å². The van der Waals surface area contributed by atoms with Gasteiger partial charge >= 0.3 is 0 Å². The number of carbonyl (C=O) groups is 1. The third-order valence-corrected chi connectivity index (χ3v) is 5.64. The van der Waals surface area contributed by atoms with Crippen molar-refractivity contribution in [2.24, 2.45) is 13.0 Å². The van der Waals surface area contributed by atoms with Crippen LogP contribution in [0.4, 0.5) is 17.1 Å². The van der Waals surface area contributed by atoms with E-state index in [0.29, 0.717) is 28.6 Å². The van der Waals surface area contributed by atoms with Gasteiger partial charge in [0.15, 0.2) is 0 Å². The molecule has 0 aliphatic carbocycles. The summed E-state index contributed by atoms with van der Waals surface area (Å²) in [5.74, 6) is -0.336. The van der Waals surface area contributed by atoms with Crippen molar-refractivity contribution in [3.8, 4) is 6.07 Å². The van der Waals surface area contributed by atoms with Gasteiger partial charge in [-0.3, -0.25) is 9.59 Å². The Hall–Kier alpha value is -4.44. The first kappa shape index (κ1) is 22.7. The molecule has 1 amide bonds. The number of benzene rings is 3. The molecule has 7 heteroatoms. The fraction of sp³-hybridized carbons (Fsp3) is 0.185. The summed E-state index contributed by atoms with van der Waals surface area (Å²) in [6.07, 6.45) is 2.11. The first-order valence-electron chi connectivity index (χ1n) is 11.0. The van der Waals surface area contributed by atoms with Crippen molar-refractivity contribution in [3.63, 3.8) is 0 Å². The van der Waals surface area contributed by atoms with Crippen molar-refractivity contribution in [3.05, 3.63) is 94.0 Å². The molecule has 3 aromatic carbocycles. The van der Waals surface area contributed by atoms with E-state index in [1.807, 2.05) is 56.3 Å². The van der Waals surface area contributed by atoms with Crippen LogP contribution in [0.1, 0.15) is 28.4 Å². The molecule has 0 saturated heterocycles. The maximum absolute atomic E-state index is 12.9. The molecule has 0 bridgehead atoms. The monoisotopic (exact) mass is 451 g/mol. The van der Waals surface area contributed by atoms with E-state index in [9.17, 15) is 9.59 Å². The minimum Gasteiger partial charge on any atom is -0.355 e. The quantitative estimate of drug-likeness (QED) is 0.433. The van der Waals surface area contributed by atoms with Crippen molar-refractivity contribution in [2.75, 3.05) is 10.6 Å². The molecule has 0 radical (unpaired) electrons. The molecule has 0 saturated carbocycles. The normalized spacial score (nSPS) is 11.6. The smallest absolute Gasteiger partial charge is 0.260 e. The summed E-state index contributed by atoms with van der Waals surface area (Å²) in [7, 11) is 1.67. The molecule has 1 heterocycles. The maximum atomic E-state index is 12.9. The van der Waals surface area contributed by atoms with Crippen LogP contribution in [0.25, 0.3) is 10.9 Å². The molecule has 1 unspecified atom stereocenters. The van der Waals surface area contributed by atoms with Crippen LogP contribution in [0.5, 0.6) is 0 Å². The van der Waals surface area contributed by atoms with Gasteiger partial charge in [-0.25, -0.2) is 4.98 Å². The second-order valence-corrected chi connectivity index (χ2v) is 8.44. The lowest BCUT2D eigenvalue weighted by Crippen LogP contribution is -2.16. The van der Waals surface area contributed by atoms with Crippen LogP contribution in [0.15, 0.2) is 71.8 Å². The maximum Gasteiger partial charge on any atom is 0.260 e. The first-order valence-corrected chi connectivity index (χ1v) is 11.0. The molecular formula is C27H25N5O2. The van der Waals surface area contributed by atoms with Gasteiger partial charge in [-0.2, -0.15) is 5.26 Å². The van der Waals surface area contributed by atoms with E-state index in [1.165, 1.54) is 10.9 Å². The Morgan fingerprint density at radius 2 is 1.91 bits per heavy atom. The van der Waals surface area contributed by atoms with Gasteiger partial charge in [0, 0.05) is 35.6 Å². The molecule has 0 aliphatic rings. The second-order valence-electron chi connectivity index (χ2n) is 8.44. The first-order chi connectivity index (χ1) is 16.3. The van der Waals surface area contributed by atoms with Crippen LogP contribution in [0.3, 0.4) is 0 Å². The average Bonchev–Trinajstić information content (AvgIpc) is 2.84. The van der Waals surface area contributed by atoms with Gasteiger partial charge in [0.2, 0.25) is 0 Å². The van der Waals surface area contributed by atoms with Gasteiger partial charge in [0.25, 0.3) is 11.5 Å². The van der Waals surface area contributed by atoms with Crippen molar-refractivity contribution in [1.29, 1.82) is 5.26 Å². The zero-order valence-corrected chi connectivity index (χ0v) is 19.3. The zero-order chi connectivity index (χ0) is 24.2. The second kappa shape index (κ2) is 9.59. The minimum absolute atomic E-state index is 0.113. The van der Waals surface area contributed by atoms with Crippen LogP contribution in [0, 0.1) is 24.2 Å².